The summed E-state index contributed by atoms with van der Waals surface area (Å²) in [5, 5.41) is -0.351. The van der Waals surface area contributed by atoms with Crippen LogP contribution in [-0.4, -0.2) is 19.5 Å². The number of nitrogens with zero attached hydrogens (tertiary/aromatic N) is 4. The Kier molecular flexibility index (Phi) is 4.52. The molecule has 10 aromatic rings. The summed E-state index contributed by atoms with van der Waals surface area (Å²) in [6.45, 7) is 0. The van der Waals surface area contributed by atoms with Gasteiger partial charge in [0.1, 0.15) is 11.2 Å². The van der Waals surface area contributed by atoms with Crippen LogP contribution in [0.25, 0.3) is 94.7 Å². The molecule has 0 aliphatic rings. The number of benzene rings is 7. The van der Waals surface area contributed by atoms with Gasteiger partial charge in [-0.3, -0.25) is 4.57 Å². The van der Waals surface area contributed by atoms with E-state index in [2.05, 4.69) is 0 Å². The van der Waals surface area contributed by atoms with Gasteiger partial charge in [-0.05, 0) is 58.6 Å². The van der Waals surface area contributed by atoms with Crippen LogP contribution in [0.15, 0.2) is 174 Å². The van der Waals surface area contributed by atoms with Crippen molar-refractivity contribution < 1.29 is 18.1 Å². The molecule has 0 aliphatic carbocycles. The molecule has 0 aliphatic heterocycles. The molecule has 0 spiro atoms. The fourth-order valence-corrected chi connectivity index (χ4v) is 6.36. The molecule has 0 radical (unpaired) electrons. The Bertz CT molecular complexity index is 3340. The largest absolute Gasteiger partial charge is 0.456 e. The van der Waals surface area contributed by atoms with Crippen molar-refractivity contribution in [3.8, 4) is 51.0 Å². The molecule has 0 amide bonds. The Balaban J connectivity index is 1.36. The maximum absolute atomic E-state index is 9.77. The molecule has 0 N–H and O–H groups in total. The molecule has 50 heavy (non-hydrogen) atoms. The molecule has 0 bridgehead atoms. The summed E-state index contributed by atoms with van der Waals surface area (Å²) in [6, 6.07) is 30.0. The molecule has 0 saturated heterocycles. The first kappa shape index (κ1) is 19.8. The number of fused-ring (bicyclic) bond motifs is 6. The third kappa shape index (κ3) is 4.67. The van der Waals surface area contributed by atoms with Crippen molar-refractivity contribution >= 4 is 43.7 Å². The summed E-state index contributed by atoms with van der Waals surface area (Å²) in [7, 11) is 0. The maximum Gasteiger partial charge on any atom is 0.238 e. The monoisotopic (exact) mass is 650 g/mol. The fourth-order valence-electron chi connectivity index (χ4n) is 6.36. The van der Waals surface area contributed by atoms with Crippen LogP contribution in [0, 0.1) is 0 Å². The van der Waals surface area contributed by atoms with Gasteiger partial charge in [0.25, 0.3) is 0 Å². The van der Waals surface area contributed by atoms with Gasteiger partial charge in [-0.1, -0.05) is 133 Å². The van der Waals surface area contributed by atoms with Gasteiger partial charge in [-0.15, -0.1) is 0 Å². The van der Waals surface area contributed by atoms with E-state index in [0.717, 1.165) is 22.3 Å². The molecule has 234 valence electrons. The summed E-state index contributed by atoms with van der Waals surface area (Å²) in [4.78, 5) is 14.9. The van der Waals surface area contributed by atoms with Crippen molar-refractivity contribution in [1.82, 2.24) is 19.5 Å². The van der Waals surface area contributed by atoms with Gasteiger partial charge in [0.05, 0.1) is 24.7 Å². The Labute approximate surface area is 301 Å². The predicted molar refractivity (Wildman–Crippen MR) is 203 cm³/mol. The summed E-state index contributed by atoms with van der Waals surface area (Å²) >= 11 is 0. The minimum atomic E-state index is -0.561. The van der Waals surface area contributed by atoms with Crippen molar-refractivity contribution in [2.45, 2.75) is 0 Å². The standard InChI is InChI=1S/C45H28N4O/c1-3-13-29(14-4-1)31-17-11-19-33(25-31)43-46-44(34-20-12-18-32(26-34)30-15-5-2-6-16-30)48-45(47-43)49-39-23-9-7-21-35(39)37-28-42-38(27-40(37)49)36-22-8-10-24-41(36)50-42/h1-28H/i7D,8D,9D,10D,21D,22D,23D,24D,27D,28D. The second-order valence-electron chi connectivity index (χ2n) is 11.7. The van der Waals surface area contributed by atoms with Gasteiger partial charge in [-0.2, -0.15) is 9.97 Å². The highest BCUT2D eigenvalue weighted by Crippen LogP contribution is 2.38. The Morgan fingerprint density at radius 3 is 1.66 bits per heavy atom. The van der Waals surface area contributed by atoms with E-state index in [0.29, 0.717) is 11.1 Å². The Hall–Kier alpha value is -6.85. The summed E-state index contributed by atoms with van der Waals surface area (Å²) in [5.74, 6) is 0.322. The van der Waals surface area contributed by atoms with Gasteiger partial charge in [0.15, 0.2) is 11.6 Å². The molecule has 0 fully saturated rings. The van der Waals surface area contributed by atoms with Crippen LogP contribution >= 0.6 is 0 Å². The van der Waals surface area contributed by atoms with Gasteiger partial charge in [0, 0.05) is 32.7 Å². The molecule has 0 atom stereocenters. The molecule has 0 unspecified atom stereocenters. The summed E-state index contributed by atoms with van der Waals surface area (Å²) in [5.41, 5.74) is 4.25. The van der Waals surface area contributed by atoms with E-state index in [-0.39, 0.29) is 73.4 Å². The fraction of sp³-hybridized carbons (Fsp3) is 0. The van der Waals surface area contributed by atoms with E-state index < -0.39 is 48.3 Å². The third-order valence-electron chi connectivity index (χ3n) is 8.70. The highest BCUT2D eigenvalue weighted by atomic mass is 16.3. The zero-order valence-electron chi connectivity index (χ0n) is 36.1. The molecular formula is C45H28N4O. The molecule has 0 saturated carbocycles. The topological polar surface area (TPSA) is 56.7 Å². The highest BCUT2D eigenvalue weighted by molar-refractivity contribution is 6.17. The smallest absolute Gasteiger partial charge is 0.238 e. The summed E-state index contributed by atoms with van der Waals surface area (Å²) in [6.07, 6.45) is 0. The van der Waals surface area contributed by atoms with Gasteiger partial charge >= 0.3 is 0 Å². The first-order chi connectivity index (χ1) is 28.9. The maximum atomic E-state index is 9.77. The minimum absolute atomic E-state index is 0.0653. The minimum Gasteiger partial charge on any atom is -0.456 e. The zero-order chi connectivity index (χ0) is 41.7. The second kappa shape index (κ2) is 11.4. The van der Waals surface area contributed by atoms with E-state index >= 15 is 0 Å². The lowest BCUT2D eigenvalue weighted by atomic mass is 10.0. The molecule has 5 nitrogen and oxygen atoms in total. The molecule has 10 rings (SSSR count). The van der Waals surface area contributed by atoms with Crippen LogP contribution in [0.3, 0.4) is 0 Å². The van der Waals surface area contributed by atoms with Crippen molar-refractivity contribution in [3.63, 3.8) is 0 Å². The lowest BCUT2D eigenvalue weighted by molar-refractivity contribution is 0.669. The lowest BCUT2D eigenvalue weighted by Crippen LogP contribution is -2.06. The Morgan fingerprint density at radius 1 is 0.440 bits per heavy atom. The Morgan fingerprint density at radius 2 is 1.00 bits per heavy atom. The normalized spacial score (nSPS) is 14.4. The van der Waals surface area contributed by atoms with Crippen LogP contribution < -0.4 is 0 Å². The van der Waals surface area contributed by atoms with Crippen LogP contribution in [0.5, 0.6) is 0 Å². The number of aromatic nitrogens is 4. The number of para-hydroxylation sites is 2. The average molecular weight is 651 g/mol. The first-order valence-electron chi connectivity index (χ1n) is 20.9. The van der Waals surface area contributed by atoms with E-state index in [1.165, 1.54) is 4.57 Å². The van der Waals surface area contributed by atoms with Crippen LogP contribution in [0.4, 0.5) is 0 Å². The van der Waals surface area contributed by atoms with E-state index in [1.54, 1.807) is 0 Å². The SMILES string of the molecule is [2H]c1c([2H])c([2H])c2c(oc3c([2H])c4c5c([2H])c([2H])c([2H])c([2H])c5n(-c5nc(-c6cccc(-c7ccccc7)c6)nc(-c6cccc(-c7ccccc7)c6)n5)c4c([2H])c32)c1[2H]. The quantitative estimate of drug-likeness (QED) is 0.186. The lowest BCUT2D eigenvalue weighted by Gasteiger charge is -2.12. The van der Waals surface area contributed by atoms with Crippen molar-refractivity contribution in [3.05, 3.63) is 170 Å². The van der Waals surface area contributed by atoms with Gasteiger partial charge < -0.3 is 4.42 Å². The molecule has 3 aromatic heterocycles. The average Bonchev–Trinajstić information content (AvgIpc) is 3.88. The molecular weight excluding hydrogens is 613 g/mol. The van der Waals surface area contributed by atoms with Crippen molar-refractivity contribution in [1.29, 1.82) is 0 Å². The summed E-state index contributed by atoms with van der Waals surface area (Å²) < 4.78 is 96.4. The molecule has 7 aromatic carbocycles. The number of hydrogen-bond acceptors (Lipinski definition) is 4. The van der Waals surface area contributed by atoms with E-state index in [1.807, 2.05) is 109 Å². The van der Waals surface area contributed by atoms with Crippen LogP contribution in [0.1, 0.15) is 13.7 Å². The molecule has 5 heteroatoms. The van der Waals surface area contributed by atoms with Gasteiger partial charge in [0.2, 0.25) is 5.95 Å². The van der Waals surface area contributed by atoms with E-state index in [4.69, 9.17) is 29.0 Å². The first-order valence-corrected chi connectivity index (χ1v) is 15.9. The number of furan rings is 1. The zero-order valence-corrected chi connectivity index (χ0v) is 26.1. The predicted octanol–water partition coefficient (Wildman–Crippen LogP) is 11.5. The highest BCUT2D eigenvalue weighted by Gasteiger charge is 2.20. The third-order valence-corrected chi connectivity index (χ3v) is 8.70. The second-order valence-corrected chi connectivity index (χ2v) is 11.7. The van der Waals surface area contributed by atoms with Crippen molar-refractivity contribution in [2.75, 3.05) is 0 Å². The number of hydrogen-bond donors (Lipinski definition) is 0. The number of rotatable bonds is 5. The van der Waals surface area contributed by atoms with Crippen molar-refractivity contribution in [2.24, 2.45) is 0 Å². The van der Waals surface area contributed by atoms with Gasteiger partial charge in [-0.25, -0.2) is 4.98 Å². The van der Waals surface area contributed by atoms with Crippen LogP contribution in [-0.2, 0) is 0 Å². The molecule has 3 heterocycles. The van der Waals surface area contributed by atoms with Crippen LogP contribution in [0.2, 0.25) is 0 Å². The van der Waals surface area contributed by atoms with E-state index in [9.17, 15) is 4.11 Å².